The molecule has 0 amide bonds. The molecule has 1 atom stereocenters. The summed E-state index contributed by atoms with van der Waals surface area (Å²) in [6.45, 7) is 4.29. The highest BCUT2D eigenvalue weighted by Gasteiger charge is 2.17. The molecule has 0 radical (unpaired) electrons. The molecular weight excluding hydrogens is 156 g/mol. The molecule has 0 aromatic rings. The number of carbonyl (C=O) groups excluding carboxylic acids is 1. The second-order valence-electron chi connectivity index (χ2n) is 2.75. The highest BCUT2D eigenvalue weighted by atomic mass is 16.5. The largest absolute Gasteiger partial charge is 0.466 e. The van der Waals surface area contributed by atoms with Crippen LogP contribution in [0.5, 0.6) is 0 Å². The Morgan fingerprint density at radius 1 is 1.42 bits per heavy atom. The second-order valence-corrected chi connectivity index (χ2v) is 2.75. The zero-order valence-electron chi connectivity index (χ0n) is 7.88. The van der Waals surface area contributed by atoms with E-state index in [2.05, 4.69) is 0 Å². The normalized spacial score (nSPS) is 12.6. The van der Waals surface area contributed by atoms with Gasteiger partial charge in [0.15, 0.2) is 0 Å². The van der Waals surface area contributed by atoms with E-state index in [9.17, 15) is 4.79 Å². The molecule has 0 spiro atoms. The van der Waals surface area contributed by atoms with Crippen LogP contribution in [0.25, 0.3) is 0 Å². The Bertz CT molecular complexity index is 117. The Morgan fingerprint density at radius 3 is 2.50 bits per heavy atom. The van der Waals surface area contributed by atoms with Gasteiger partial charge in [0.2, 0.25) is 0 Å². The third kappa shape index (κ3) is 4.34. The molecular formula is C9H18O3. The summed E-state index contributed by atoms with van der Waals surface area (Å²) in [7, 11) is 0. The summed E-state index contributed by atoms with van der Waals surface area (Å²) in [5, 5.41) is 8.67. The van der Waals surface area contributed by atoms with Crippen molar-refractivity contribution >= 4 is 5.97 Å². The van der Waals surface area contributed by atoms with Crippen LogP contribution >= 0.6 is 0 Å². The summed E-state index contributed by atoms with van der Waals surface area (Å²) >= 11 is 0. The number of hydrogen-bond donors (Lipinski definition) is 1. The smallest absolute Gasteiger partial charge is 0.309 e. The van der Waals surface area contributed by atoms with Crippen LogP contribution in [0.1, 0.15) is 33.1 Å². The molecule has 72 valence electrons. The standard InChI is InChI=1S/C9H18O3/c1-3-5-8(6-7-10)9(11)12-4-2/h8,10H,3-7H2,1-2H3. The van der Waals surface area contributed by atoms with Crippen LogP contribution in [0.3, 0.4) is 0 Å². The zero-order chi connectivity index (χ0) is 9.40. The first-order valence-corrected chi connectivity index (χ1v) is 4.53. The number of esters is 1. The number of aliphatic hydroxyl groups excluding tert-OH is 1. The fraction of sp³-hybridized carbons (Fsp3) is 0.889. The SMILES string of the molecule is CCCC(CCO)C(=O)OCC. The first-order valence-electron chi connectivity index (χ1n) is 4.53. The number of aliphatic hydroxyl groups is 1. The monoisotopic (exact) mass is 174 g/mol. The van der Waals surface area contributed by atoms with E-state index in [4.69, 9.17) is 9.84 Å². The fourth-order valence-corrected chi connectivity index (χ4v) is 1.14. The maximum Gasteiger partial charge on any atom is 0.309 e. The maximum absolute atomic E-state index is 11.2. The Kier molecular flexibility index (Phi) is 6.76. The average Bonchev–Trinajstić information content (AvgIpc) is 2.04. The lowest BCUT2D eigenvalue weighted by molar-refractivity contribution is -0.148. The van der Waals surface area contributed by atoms with Gasteiger partial charge in [-0.15, -0.1) is 0 Å². The molecule has 0 saturated carbocycles. The molecule has 0 rings (SSSR count). The van der Waals surface area contributed by atoms with Crippen molar-refractivity contribution in [3.8, 4) is 0 Å². The number of ether oxygens (including phenoxy) is 1. The molecule has 0 fully saturated rings. The van der Waals surface area contributed by atoms with E-state index in [1.807, 2.05) is 6.92 Å². The fourth-order valence-electron chi connectivity index (χ4n) is 1.14. The molecule has 1 N–H and O–H groups in total. The molecule has 0 aromatic carbocycles. The Hall–Kier alpha value is -0.570. The van der Waals surface area contributed by atoms with Gasteiger partial charge < -0.3 is 9.84 Å². The molecule has 0 bridgehead atoms. The summed E-state index contributed by atoms with van der Waals surface area (Å²) in [5.74, 6) is -0.284. The van der Waals surface area contributed by atoms with Crippen LogP contribution in [0.2, 0.25) is 0 Å². The summed E-state index contributed by atoms with van der Waals surface area (Å²) in [6.07, 6.45) is 2.27. The lowest BCUT2D eigenvalue weighted by atomic mass is 10.0. The molecule has 0 aromatic heterocycles. The van der Waals surface area contributed by atoms with Crippen LogP contribution < -0.4 is 0 Å². The van der Waals surface area contributed by atoms with Crippen LogP contribution in [0, 0.1) is 5.92 Å². The van der Waals surface area contributed by atoms with Gasteiger partial charge in [-0.3, -0.25) is 4.79 Å². The van der Waals surface area contributed by atoms with Gasteiger partial charge in [0, 0.05) is 6.61 Å². The van der Waals surface area contributed by atoms with E-state index in [1.165, 1.54) is 0 Å². The topological polar surface area (TPSA) is 46.5 Å². The highest BCUT2D eigenvalue weighted by Crippen LogP contribution is 2.12. The third-order valence-electron chi connectivity index (χ3n) is 1.73. The van der Waals surface area contributed by atoms with Gasteiger partial charge >= 0.3 is 5.97 Å². The molecule has 0 aliphatic carbocycles. The minimum Gasteiger partial charge on any atom is -0.466 e. The van der Waals surface area contributed by atoms with Crippen molar-refractivity contribution in [3.05, 3.63) is 0 Å². The van der Waals surface area contributed by atoms with Gasteiger partial charge in [0.05, 0.1) is 12.5 Å². The highest BCUT2D eigenvalue weighted by molar-refractivity contribution is 5.72. The Morgan fingerprint density at radius 2 is 2.08 bits per heavy atom. The van der Waals surface area contributed by atoms with Crippen molar-refractivity contribution in [3.63, 3.8) is 0 Å². The number of hydrogen-bond acceptors (Lipinski definition) is 3. The average molecular weight is 174 g/mol. The van der Waals surface area contributed by atoms with E-state index in [1.54, 1.807) is 6.92 Å². The van der Waals surface area contributed by atoms with Crippen molar-refractivity contribution in [2.75, 3.05) is 13.2 Å². The first-order chi connectivity index (χ1) is 5.76. The van der Waals surface area contributed by atoms with Crippen molar-refractivity contribution in [2.45, 2.75) is 33.1 Å². The molecule has 12 heavy (non-hydrogen) atoms. The summed E-state index contributed by atoms with van der Waals surface area (Å²) in [6, 6.07) is 0. The van der Waals surface area contributed by atoms with Crippen LogP contribution in [-0.2, 0) is 9.53 Å². The zero-order valence-corrected chi connectivity index (χ0v) is 7.88. The Balaban J connectivity index is 3.81. The first kappa shape index (κ1) is 11.4. The van der Waals surface area contributed by atoms with Gasteiger partial charge in [0.1, 0.15) is 0 Å². The van der Waals surface area contributed by atoms with E-state index in [0.29, 0.717) is 13.0 Å². The third-order valence-corrected chi connectivity index (χ3v) is 1.73. The molecule has 0 aliphatic heterocycles. The summed E-state index contributed by atoms with van der Waals surface area (Å²) in [5.41, 5.74) is 0. The van der Waals surface area contributed by atoms with Gasteiger partial charge in [-0.2, -0.15) is 0 Å². The van der Waals surface area contributed by atoms with E-state index < -0.39 is 0 Å². The lowest BCUT2D eigenvalue weighted by Gasteiger charge is -2.12. The summed E-state index contributed by atoms with van der Waals surface area (Å²) < 4.78 is 4.86. The quantitative estimate of drug-likeness (QED) is 0.618. The maximum atomic E-state index is 11.2. The predicted octanol–water partition coefficient (Wildman–Crippen LogP) is 1.35. The number of carbonyl (C=O) groups is 1. The van der Waals surface area contributed by atoms with Crippen LogP contribution in [0.4, 0.5) is 0 Å². The summed E-state index contributed by atoms with van der Waals surface area (Å²) in [4.78, 5) is 11.2. The molecule has 3 nitrogen and oxygen atoms in total. The predicted molar refractivity (Wildman–Crippen MR) is 46.7 cm³/mol. The van der Waals surface area contributed by atoms with E-state index in [-0.39, 0.29) is 18.5 Å². The molecule has 1 unspecified atom stereocenters. The van der Waals surface area contributed by atoms with Gasteiger partial charge in [-0.25, -0.2) is 0 Å². The van der Waals surface area contributed by atoms with Gasteiger partial charge in [0.25, 0.3) is 0 Å². The minimum absolute atomic E-state index is 0.0590. The van der Waals surface area contributed by atoms with E-state index in [0.717, 1.165) is 12.8 Å². The van der Waals surface area contributed by atoms with Crippen molar-refractivity contribution < 1.29 is 14.6 Å². The minimum atomic E-state index is -0.173. The van der Waals surface area contributed by atoms with E-state index >= 15 is 0 Å². The van der Waals surface area contributed by atoms with Gasteiger partial charge in [-0.1, -0.05) is 13.3 Å². The molecule has 0 heterocycles. The molecule has 0 aliphatic rings. The van der Waals surface area contributed by atoms with Crippen LogP contribution in [0.15, 0.2) is 0 Å². The van der Waals surface area contributed by atoms with Gasteiger partial charge in [-0.05, 0) is 19.8 Å². The van der Waals surface area contributed by atoms with Crippen molar-refractivity contribution in [1.82, 2.24) is 0 Å². The molecule has 0 saturated heterocycles. The lowest BCUT2D eigenvalue weighted by Crippen LogP contribution is -2.18. The second kappa shape index (κ2) is 7.10. The molecule has 3 heteroatoms. The van der Waals surface area contributed by atoms with Crippen molar-refractivity contribution in [1.29, 1.82) is 0 Å². The van der Waals surface area contributed by atoms with Crippen LogP contribution in [-0.4, -0.2) is 24.3 Å². The van der Waals surface area contributed by atoms with Crippen molar-refractivity contribution in [2.24, 2.45) is 5.92 Å². The number of rotatable bonds is 6. The Labute approximate surface area is 73.7 Å².